The molecule has 2 aromatic heterocycles. The number of nitriles is 1. The Morgan fingerprint density at radius 3 is 2.88 bits per heavy atom. The van der Waals surface area contributed by atoms with Crippen LogP contribution in [0.3, 0.4) is 0 Å². The smallest absolute Gasteiger partial charge is 0.206 e. The molecule has 0 saturated heterocycles. The van der Waals surface area contributed by atoms with Crippen LogP contribution >= 0.6 is 0 Å². The van der Waals surface area contributed by atoms with E-state index in [9.17, 15) is 10.4 Å². The molecule has 2 atom stereocenters. The van der Waals surface area contributed by atoms with Gasteiger partial charge in [0.25, 0.3) is 0 Å². The van der Waals surface area contributed by atoms with Gasteiger partial charge in [-0.15, -0.1) is 0 Å². The summed E-state index contributed by atoms with van der Waals surface area (Å²) < 4.78 is 15.8. The van der Waals surface area contributed by atoms with Crippen LogP contribution in [0.1, 0.15) is 41.7 Å². The third kappa shape index (κ3) is 4.09. The van der Waals surface area contributed by atoms with Crippen LogP contribution in [-0.2, 0) is 17.9 Å². The van der Waals surface area contributed by atoms with Crippen molar-refractivity contribution in [3.63, 3.8) is 0 Å². The highest BCUT2D eigenvalue weighted by Crippen LogP contribution is 2.38. The molecule has 5 rings (SSSR count). The van der Waals surface area contributed by atoms with Gasteiger partial charge in [0.05, 0.1) is 47.8 Å². The highest BCUT2D eigenvalue weighted by atomic mass is 16.5. The zero-order valence-electron chi connectivity index (χ0n) is 19.1. The molecule has 34 heavy (non-hydrogen) atoms. The Morgan fingerprint density at radius 1 is 1.29 bits per heavy atom. The number of rotatable bonds is 8. The molecule has 0 bridgehead atoms. The second-order valence-electron chi connectivity index (χ2n) is 8.30. The number of ether oxygens (including phenoxy) is 2. The van der Waals surface area contributed by atoms with Crippen molar-refractivity contribution in [2.24, 2.45) is 0 Å². The minimum Gasteiger partial charge on any atom is -0.489 e. The number of benzene rings is 2. The van der Waals surface area contributed by atoms with E-state index in [0.29, 0.717) is 54.8 Å². The second kappa shape index (κ2) is 9.17. The molecule has 3 heterocycles. The normalized spacial score (nSPS) is 15.6. The number of nitrogens with zero attached hydrogens (tertiary/aromatic N) is 5. The molecular formula is C25H26N6O3. The lowest BCUT2D eigenvalue weighted by Gasteiger charge is -2.28. The molecule has 9 heteroatoms. The summed E-state index contributed by atoms with van der Waals surface area (Å²) in [6.07, 6.45) is -1.01. The number of aliphatic hydroxyl groups excluding tert-OH is 1. The summed E-state index contributed by atoms with van der Waals surface area (Å²) >= 11 is 0. The summed E-state index contributed by atoms with van der Waals surface area (Å²) in [5.74, 6) is 1.08. The topological polar surface area (TPSA) is 110 Å². The van der Waals surface area contributed by atoms with Crippen LogP contribution < -0.4 is 10.1 Å². The van der Waals surface area contributed by atoms with Crippen molar-refractivity contribution in [3.8, 4) is 11.8 Å². The van der Waals surface area contributed by atoms with Gasteiger partial charge in [0.15, 0.2) is 6.23 Å². The van der Waals surface area contributed by atoms with Gasteiger partial charge in [0.2, 0.25) is 5.95 Å². The number of aliphatic hydroxyl groups is 1. The first-order valence-electron chi connectivity index (χ1n) is 11.3. The van der Waals surface area contributed by atoms with Gasteiger partial charge in [0, 0.05) is 12.6 Å². The lowest BCUT2D eigenvalue weighted by molar-refractivity contribution is 0.0691. The van der Waals surface area contributed by atoms with Crippen LogP contribution in [0.4, 0.5) is 5.95 Å². The number of aryl methyl sites for hydroxylation is 2. The number of nitrogens with one attached hydrogen (secondary N) is 1. The van der Waals surface area contributed by atoms with E-state index < -0.39 is 6.23 Å². The molecular weight excluding hydrogens is 432 g/mol. The third-order valence-corrected chi connectivity index (χ3v) is 5.88. The van der Waals surface area contributed by atoms with Crippen molar-refractivity contribution < 1.29 is 14.6 Å². The molecule has 2 unspecified atom stereocenters. The number of hydrogen-bond acceptors (Lipinski definition) is 7. The molecule has 0 radical (unpaired) electrons. The molecule has 0 saturated carbocycles. The highest BCUT2D eigenvalue weighted by Gasteiger charge is 2.29. The number of hydrogen-bond donors (Lipinski definition) is 2. The van der Waals surface area contributed by atoms with Crippen molar-refractivity contribution in [2.75, 3.05) is 18.5 Å². The predicted octanol–water partition coefficient (Wildman–Crippen LogP) is 3.69. The predicted molar refractivity (Wildman–Crippen MR) is 126 cm³/mol. The van der Waals surface area contributed by atoms with Crippen molar-refractivity contribution in [1.29, 1.82) is 5.26 Å². The number of anilines is 1. The quantitative estimate of drug-likeness (QED) is 0.388. The number of imidazole rings is 1. The molecule has 2 N–H and O–H groups in total. The van der Waals surface area contributed by atoms with Crippen molar-refractivity contribution in [2.45, 2.75) is 39.3 Å². The van der Waals surface area contributed by atoms with E-state index >= 15 is 0 Å². The molecule has 2 aromatic carbocycles. The van der Waals surface area contributed by atoms with Gasteiger partial charge < -0.3 is 19.9 Å². The van der Waals surface area contributed by atoms with Gasteiger partial charge in [-0.1, -0.05) is 30.3 Å². The van der Waals surface area contributed by atoms with Gasteiger partial charge >= 0.3 is 0 Å². The lowest BCUT2D eigenvalue weighted by Crippen LogP contribution is -2.28. The van der Waals surface area contributed by atoms with Gasteiger partial charge in [-0.05, 0) is 31.5 Å². The Morgan fingerprint density at radius 2 is 2.12 bits per heavy atom. The molecule has 4 aromatic rings. The highest BCUT2D eigenvalue weighted by molar-refractivity contribution is 5.87. The Bertz CT molecular complexity index is 1350. The largest absolute Gasteiger partial charge is 0.489 e. The van der Waals surface area contributed by atoms with E-state index in [1.807, 2.05) is 54.8 Å². The van der Waals surface area contributed by atoms with Crippen molar-refractivity contribution >= 4 is 17.0 Å². The standard InChI is InChI=1S/C25H26N6O3/c1-3-30-21(9-16(2)29-30)24(32)28-25-27-20-10-18(12-26)11-22-23(20)31(25)19(15-34-22)14-33-13-17-7-5-4-6-8-17/h4-11,19,24,32H,3,13-15H2,1-2H3,(H,27,28). The van der Waals surface area contributed by atoms with Crippen molar-refractivity contribution in [3.05, 3.63) is 71.0 Å². The fraction of sp³-hybridized carbons (Fsp3) is 0.320. The average Bonchev–Trinajstić information content (AvgIpc) is 3.42. The Kier molecular flexibility index (Phi) is 5.92. The van der Waals surface area contributed by atoms with E-state index in [-0.39, 0.29) is 6.04 Å². The number of aromatic nitrogens is 4. The van der Waals surface area contributed by atoms with E-state index in [0.717, 1.165) is 16.8 Å². The SMILES string of the molecule is CCn1nc(C)cc1C(O)Nc1nc2cc(C#N)cc3c2n1C(COCc1ccccc1)CO3. The van der Waals surface area contributed by atoms with E-state index in [1.165, 1.54) is 0 Å². The van der Waals surface area contributed by atoms with Crippen LogP contribution in [0, 0.1) is 18.3 Å². The van der Waals surface area contributed by atoms with Crippen molar-refractivity contribution in [1.82, 2.24) is 19.3 Å². The monoisotopic (exact) mass is 458 g/mol. The summed E-state index contributed by atoms with van der Waals surface area (Å²) in [6, 6.07) is 17.3. The zero-order chi connectivity index (χ0) is 23.7. The molecule has 174 valence electrons. The molecule has 0 aliphatic carbocycles. The minimum atomic E-state index is -1.01. The average molecular weight is 459 g/mol. The second-order valence-corrected chi connectivity index (χ2v) is 8.30. The Balaban J connectivity index is 1.47. The fourth-order valence-electron chi connectivity index (χ4n) is 4.33. The summed E-state index contributed by atoms with van der Waals surface area (Å²) in [7, 11) is 0. The first kappa shape index (κ1) is 21.9. The summed E-state index contributed by atoms with van der Waals surface area (Å²) in [5.41, 5.74) is 4.43. The fourth-order valence-corrected chi connectivity index (χ4v) is 4.33. The van der Waals surface area contributed by atoms with Crippen LogP contribution in [-0.4, -0.2) is 37.7 Å². The summed E-state index contributed by atoms with van der Waals surface area (Å²) in [5, 5.41) is 28.0. The molecule has 0 amide bonds. The van der Waals surface area contributed by atoms with Gasteiger partial charge in [-0.3, -0.25) is 9.25 Å². The minimum absolute atomic E-state index is 0.165. The molecule has 0 spiro atoms. The first-order valence-corrected chi connectivity index (χ1v) is 11.3. The first-order chi connectivity index (χ1) is 16.6. The molecule has 1 aliphatic rings. The van der Waals surface area contributed by atoms with Crippen LogP contribution in [0.5, 0.6) is 5.75 Å². The maximum absolute atomic E-state index is 11.0. The molecule has 0 fully saturated rings. The Hall–Kier alpha value is -3.87. The van der Waals surface area contributed by atoms with E-state index in [2.05, 4.69) is 16.5 Å². The van der Waals surface area contributed by atoms with Crippen LogP contribution in [0.15, 0.2) is 48.5 Å². The van der Waals surface area contributed by atoms with Gasteiger partial charge in [0.1, 0.15) is 17.9 Å². The van der Waals surface area contributed by atoms with Crippen LogP contribution in [0.25, 0.3) is 11.0 Å². The maximum atomic E-state index is 11.0. The van der Waals surface area contributed by atoms with Gasteiger partial charge in [-0.25, -0.2) is 4.98 Å². The van der Waals surface area contributed by atoms with Crippen LogP contribution in [0.2, 0.25) is 0 Å². The lowest BCUT2D eigenvalue weighted by atomic mass is 10.1. The summed E-state index contributed by atoms with van der Waals surface area (Å²) in [6.45, 7) is 5.75. The molecule has 1 aliphatic heterocycles. The third-order valence-electron chi connectivity index (χ3n) is 5.88. The summed E-state index contributed by atoms with van der Waals surface area (Å²) in [4.78, 5) is 4.71. The Labute approximate surface area is 197 Å². The van der Waals surface area contributed by atoms with Gasteiger partial charge in [-0.2, -0.15) is 10.4 Å². The molecule has 9 nitrogen and oxygen atoms in total. The maximum Gasteiger partial charge on any atom is 0.206 e. The van der Waals surface area contributed by atoms with E-state index in [1.54, 1.807) is 16.8 Å². The van der Waals surface area contributed by atoms with E-state index in [4.69, 9.17) is 14.5 Å². The zero-order valence-corrected chi connectivity index (χ0v) is 19.1.